The molecule has 128 valence electrons. The lowest BCUT2D eigenvalue weighted by Crippen LogP contribution is -2.22. The van der Waals surface area contributed by atoms with Crippen molar-refractivity contribution in [2.75, 3.05) is 19.0 Å². The van der Waals surface area contributed by atoms with Crippen LogP contribution in [-0.2, 0) is 19.1 Å². The van der Waals surface area contributed by atoms with E-state index in [4.69, 9.17) is 21.7 Å². The van der Waals surface area contributed by atoms with Crippen LogP contribution in [0.4, 0.5) is 0 Å². The number of esters is 2. The first kappa shape index (κ1) is 22.0. The quantitative estimate of drug-likeness (QED) is 0.262. The van der Waals surface area contributed by atoms with E-state index in [1.807, 2.05) is 6.92 Å². The van der Waals surface area contributed by atoms with Crippen LogP contribution in [0, 0.1) is 11.3 Å². The van der Waals surface area contributed by atoms with Gasteiger partial charge in [0.2, 0.25) is 0 Å². The predicted octanol–water partition coefficient (Wildman–Crippen LogP) is 3.48. The largest absolute Gasteiger partial charge is 0.462 e. The standard InChI is InChI=1S/C15H21NO4S3/c1-5-22-14(21)23-15(4,10-16)7-6-12(17)19-8-9-20-13(18)11(2)3/h2,5-9H2,1,3-4H3. The Morgan fingerprint density at radius 3 is 2.48 bits per heavy atom. The molecule has 1 unspecified atom stereocenters. The Balaban J connectivity index is 4.10. The smallest absolute Gasteiger partial charge is 0.333 e. The number of nitriles is 1. The number of thioether (sulfide) groups is 2. The lowest BCUT2D eigenvalue weighted by atomic mass is 10.1. The number of nitrogens with zero attached hydrogens (tertiary/aromatic N) is 1. The minimum absolute atomic E-state index is 0.0150. The van der Waals surface area contributed by atoms with E-state index in [1.54, 1.807) is 6.92 Å². The van der Waals surface area contributed by atoms with Crippen molar-refractivity contribution in [2.45, 2.75) is 38.4 Å². The first-order chi connectivity index (χ1) is 10.7. The average Bonchev–Trinajstić information content (AvgIpc) is 2.49. The van der Waals surface area contributed by atoms with E-state index in [9.17, 15) is 14.9 Å². The first-order valence-electron chi connectivity index (χ1n) is 6.99. The second-order valence-electron chi connectivity index (χ2n) is 4.76. The van der Waals surface area contributed by atoms with Crippen LogP contribution in [0.5, 0.6) is 0 Å². The molecule has 0 aromatic heterocycles. The number of rotatable bonds is 9. The third kappa shape index (κ3) is 10.4. The van der Waals surface area contributed by atoms with Crippen LogP contribution in [0.1, 0.15) is 33.6 Å². The summed E-state index contributed by atoms with van der Waals surface area (Å²) < 4.78 is 9.70. The van der Waals surface area contributed by atoms with Crippen molar-refractivity contribution in [1.82, 2.24) is 0 Å². The van der Waals surface area contributed by atoms with Gasteiger partial charge in [-0.3, -0.25) is 4.79 Å². The highest BCUT2D eigenvalue weighted by molar-refractivity contribution is 8.47. The lowest BCUT2D eigenvalue weighted by Gasteiger charge is -2.20. The second-order valence-corrected chi connectivity index (χ2v) is 8.74. The van der Waals surface area contributed by atoms with E-state index >= 15 is 0 Å². The molecule has 5 nitrogen and oxygen atoms in total. The maximum atomic E-state index is 11.7. The first-order valence-corrected chi connectivity index (χ1v) is 9.20. The highest BCUT2D eigenvalue weighted by atomic mass is 32.2. The maximum absolute atomic E-state index is 11.7. The molecule has 1 atom stereocenters. The van der Waals surface area contributed by atoms with Crippen LogP contribution in [0.25, 0.3) is 0 Å². The van der Waals surface area contributed by atoms with Crippen LogP contribution in [0.2, 0.25) is 0 Å². The van der Waals surface area contributed by atoms with Gasteiger partial charge in [-0.1, -0.05) is 37.5 Å². The van der Waals surface area contributed by atoms with Gasteiger partial charge < -0.3 is 9.47 Å². The molecule has 0 amide bonds. The molecule has 0 rings (SSSR count). The summed E-state index contributed by atoms with van der Waals surface area (Å²) in [6.45, 7) is 8.69. The molecule has 0 spiro atoms. The van der Waals surface area contributed by atoms with Crippen LogP contribution in [-0.4, -0.2) is 39.2 Å². The van der Waals surface area contributed by atoms with E-state index in [0.717, 1.165) is 5.75 Å². The molecule has 0 saturated heterocycles. The van der Waals surface area contributed by atoms with Gasteiger partial charge in [-0.05, 0) is 26.0 Å². The number of thiocarbonyl (C=S) groups is 1. The molecule has 0 N–H and O–H groups in total. The third-order valence-electron chi connectivity index (χ3n) is 2.54. The summed E-state index contributed by atoms with van der Waals surface area (Å²) in [4.78, 5) is 22.8. The van der Waals surface area contributed by atoms with E-state index in [-0.39, 0.29) is 19.6 Å². The fraction of sp³-hybridized carbons (Fsp3) is 0.600. The minimum Gasteiger partial charge on any atom is -0.462 e. The predicted molar refractivity (Wildman–Crippen MR) is 98.3 cm³/mol. The van der Waals surface area contributed by atoms with Gasteiger partial charge >= 0.3 is 11.9 Å². The Morgan fingerprint density at radius 1 is 1.35 bits per heavy atom. The van der Waals surface area contributed by atoms with Crippen LogP contribution in [0.15, 0.2) is 12.2 Å². The molecule has 0 aromatic carbocycles. The molecule has 23 heavy (non-hydrogen) atoms. The van der Waals surface area contributed by atoms with Crippen molar-refractivity contribution >= 4 is 51.2 Å². The number of ether oxygens (including phenoxy) is 2. The van der Waals surface area contributed by atoms with Gasteiger partial charge in [0, 0.05) is 12.0 Å². The van der Waals surface area contributed by atoms with Crippen LogP contribution < -0.4 is 0 Å². The number of carbonyl (C=O) groups excluding carboxylic acids is 2. The van der Waals surface area contributed by atoms with E-state index in [0.29, 0.717) is 15.5 Å². The Hall–Kier alpha value is -1.04. The Bertz CT molecular complexity index is 501. The minimum atomic E-state index is -0.759. The SMILES string of the molecule is C=C(C)C(=O)OCCOC(=O)CCC(C)(C#N)SC(=S)SCC. The molecule has 0 saturated carbocycles. The van der Waals surface area contributed by atoms with Gasteiger partial charge in [0.05, 0.1) is 6.07 Å². The van der Waals surface area contributed by atoms with E-state index in [2.05, 4.69) is 12.6 Å². The number of hydrogen-bond donors (Lipinski definition) is 0. The van der Waals surface area contributed by atoms with Crippen molar-refractivity contribution in [3.63, 3.8) is 0 Å². The van der Waals surface area contributed by atoms with Crippen LogP contribution in [0.3, 0.4) is 0 Å². The molecule has 0 heterocycles. The Kier molecular flexibility index (Phi) is 11.0. The fourth-order valence-electron chi connectivity index (χ4n) is 1.29. The van der Waals surface area contributed by atoms with E-state index in [1.165, 1.54) is 30.4 Å². The highest BCUT2D eigenvalue weighted by Gasteiger charge is 2.28. The molecule has 0 aromatic rings. The van der Waals surface area contributed by atoms with Crippen LogP contribution >= 0.6 is 35.7 Å². The molecule has 0 radical (unpaired) electrons. The molecule has 0 fully saturated rings. The Morgan fingerprint density at radius 2 is 1.96 bits per heavy atom. The third-order valence-corrected chi connectivity index (χ3v) is 5.19. The van der Waals surface area contributed by atoms with Crippen molar-refractivity contribution in [3.05, 3.63) is 12.2 Å². The average molecular weight is 376 g/mol. The fourth-order valence-corrected chi connectivity index (χ4v) is 4.19. The zero-order valence-corrected chi connectivity index (χ0v) is 16.0. The number of hydrogen-bond acceptors (Lipinski definition) is 8. The molecular formula is C15H21NO4S3. The summed E-state index contributed by atoms with van der Waals surface area (Å²) in [6.07, 6.45) is 0.438. The lowest BCUT2D eigenvalue weighted by molar-refractivity contribution is -0.150. The van der Waals surface area contributed by atoms with Crippen molar-refractivity contribution < 1.29 is 19.1 Å². The molecule has 0 bridgehead atoms. The molecular weight excluding hydrogens is 354 g/mol. The second kappa shape index (κ2) is 11.5. The molecule has 8 heteroatoms. The monoisotopic (exact) mass is 375 g/mol. The van der Waals surface area contributed by atoms with Crippen molar-refractivity contribution in [1.29, 1.82) is 5.26 Å². The zero-order valence-electron chi connectivity index (χ0n) is 13.5. The summed E-state index contributed by atoms with van der Waals surface area (Å²) in [5, 5.41) is 9.28. The maximum Gasteiger partial charge on any atom is 0.333 e. The van der Waals surface area contributed by atoms with Crippen molar-refractivity contribution in [3.8, 4) is 6.07 Å². The topological polar surface area (TPSA) is 76.4 Å². The summed E-state index contributed by atoms with van der Waals surface area (Å²) in [5.74, 6) is -0.109. The Labute approximate surface area is 151 Å². The van der Waals surface area contributed by atoms with Gasteiger partial charge in [-0.25, -0.2) is 4.79 Å². The van der Waals surface area contributed by atoms with Gasteiger partial charge in [0.25, 0.3) is 0 Å². The summed E-state index contributed by atoms with van der Waals surface area (Å²) in [7, 11) is 0. The van der Waals surface area contributed by atoms with E-state index < -0.39 is 16.7 Å². The molecule has 0 aliphatic carbocycles. The summed E-state index contributed by atoms with van der Waals surface area (Å²) in [6, 6.07) is 2.19. The summed E-state index contributed by atoms with van der Waals surface area (Å²) >= 11 is 7.98. The van der Waals surface area contributed by atoms with Gasteiger partial charge in [-0.15, -0.1) is 11.8 Å². The van der Waals surface area contributed by atoms with Gasteiger partial charge in [0.15, 0.2) is 0 Å². The normalized spacial score (nSPS) is 12.6. The van der Waals surface area contributed by atoms with Gasteiger partial charge in [-0.2, -0.15) is 5.26 Å². The highest BCUT2D eigenvalue weighted by Crippen LogP contribution is 2.34. The number of carbonyl (C=O) groups is 2. The van der Waals surface area contributed by atoms with Gasteiger partial charge in [0.1, 0.15) is 21.5 Å². The van der Waals surface area contributed by atoms with Crippen molar-refractivity contribution in [2.24, 2.45) is 0 Å². The zero-order chi connectivity index (χ0) is 17.9. The molecule has 0 aliphatic heterocycles. The summed E-state index contributed by atoms with van der Waals surface area (Å²) in [5.41, 5.74) is 0.291. The molecule has 0 aliphatic rings.